The van der Waals surface area contributed by atoms with E-state index in [-0.39, 0.29) is 0 Å². The molecule has 0 saturated carbocycles. The van der Waals surface area contributed by atoms with E-state index in [4.69, 9.17) is 9.72 Å². The summed E-state index contributed by atoms with van der Waals surface area (Å²) in [4.78, 5) is 5.95. The molecule has 3 aromatic rings. The van der Waals surface area contributed by atoms with Gasteiger partial charge in [0.15, 0.2) is 5.13 Å². The number of nitrogens with zero attached hydrogens (tertiary/aromatic N) is 1. The number of hydrogen-bond acceptors (Lipinski definition) is 5. The largest absolute Gasteiger partial charge is 0.381 e. The standard InChI is InChI=1S/C20H20N2OS2/c1-2-5-15(6-3-1)17-7-4-8-18(13-17)25-22-20-21-19(14-24-20)16-9-11-23-12-10-16/h1-8,13-14,16H,9-12H2,(H,21,22). The molecule has 0 aliphatic carbocycles. The molecule has 25 heavy (non-hydrogen) atoms. The summed E-state index contributed by atoms with van der Waals surface area (Å²) in [5, 5.41) is 3.15. The number of ether oxygens (including phenoxy) is 1. The van der Waals surface area contributed by atoms with Crippen molar-refractivity contribution in [3.05, 3.63) is 65.7 Å². The van der Waals surface area contributed by atoms with Crippen LogP contribution in [0.2, 0.25) is 0 Å². The van der Waals surface area contributed by atoms with Crippen molar-refractivity contribution < 1.29 is 4.74 Å². The summed E-state index contributed by atoms with van der Waals surface area (Å²) < 4.78 is 8.83. The molecule has 5 heteroatoms. The Morgan fingerprint density at radius 1 is 1.00 bits per heavy atom. The topological polar surface area (TPSA) is 34.2 Å². The van der Waals surface area contributed by atoms with Crippen LogP contribution in [0.25, 0.3) is 11.1 Å². The minimum atomic E-state index is 0.548. The molecule has 1 aliphatic heterocycles. The van der Waals surface area contributed by atoms with Crippen LogP contribution in [0.1, 0.15) is 24.5 Å². The van der Waals surface area contributed by atoms with Crippen LogP contribution in [0, 0.1) is 0 Å². The molecule has 0 amide bonds. The van der Waals surface area contributed by atoms with E-state index in [9.17, 15) is 0 Å². The van der Waals surface area contributed by atoms with Gasteiger partial charge in [0.2, 0.25) is 0 Å². The molecule has 3 nitrogen and oxygen atoms in total. The molecule has 1 aliphatic rings. The number of anilines is 1. The molecule has 0 radical (unpaired) electrons. The summed E-state index contributed by atoms with van der Waals surface area (Å²) in [6.07, 6.45) is 2.16. The van der Waals surface area contributed by atoms with Crippen molar-refractivity contribution in [1.82, 2.24) is 4.98 Å². The van der Waals surface area contributed by atoms with Crippen LogP contribution >= 0.6 is 23.3 Å². The van der Waals surface area contributed by atoms with Gasteiger partial charge in [0, 0.05) is 29.4 Å². The lowest BCUT2D eigenvalue weighted by atomic mass is 9.98. The Labute approximate surface area is 156 Å². The SMILES string of the molecule is c1ccc(-c2cccc(SNc3nc(C4CCOCC4)cs3)c2)cc1. The summed E-state index contributed by atoms with van der Waals surface area (Å²) in [5.74, 6) is 0.548. The zero-order chi connectivity index (χ0) is 16.9. The second-order valence-corrected chi connectivity index (χ2v) is 7.80. The predicted molar refractivity (Wildman–Crippen MR) is 106 cm³/mol. The Kier molecular flexibility index (Phi) is 5.35. The Morgan fingerprint density at radius 3 is 2.64 bits per heavy atom. The smallest absolute Gasteiger partial charge is 0.193 e. The lowest BCUT2D eigenvalue weighted by Crippen LogP contribution is -2.14. The number of benzene rings is 2. The fourth-order valence-corrected chi connectivity index (χ4v) is 4.52. The van der Waals surface area contributed by atoms with Crippen LogP contribution in [0.4, 0.5) is 5.13 Å². The molecule has 0 atom stereocenters. The molecular weight excluding hydrogens is 348 g/mol. The van der Waals surface area contributed by atoms with E-state index in [0.717, 1.165) is 31.2 Å². The van der Waals surface area contributed by atoms with Gasteiger partial charge in [-0.2, -0.15) is 0 Å². The highest BCUT2D eigenvalue weighted by molar-refractivity contribution is 8.00. The van der Waals surface area contributed by atoms with E-state index in [0.29, 0.717) is 5.92 Å². The highest BCUT2D eigenvalue weighted by Gasteiger charge is 2.18. The van der Waals surface area contributed by atoms with Crippen LogP contribution in [-0.4, -0.2) is 18.2 Å². The van der Waals surface area contributed by atoms with Gasteiger partial charge in [-0.25, -0.2) is 4.98 Å². The zero-order valence-electron chi connectivity index (χ0n) is 13.9. The number of aromatic nitrogens is 1. The predicted octanol–water partition coefficient (Wildman–Crippen LogP) is 5.82. The number of hydrogen-bond donors (Lipinski definition) is 1. The summed E-state index contributed by atoms with van der Waals surface area (Å²) >= 11 is 3.29. The normalized spacial score (nSPS) is 15.2. The summed E-state index contributed by atoms with van der Waals surface area (Å²) in [7, 11) is 0. The van der Waals surface area contributed by atoms with E-state index in [1.165, 1.54) is 21.7 Å². The first-order valence-corrected chi connectivity index (χ1v) is 10.2. The molecule has 1 fully saturated rings. The van der Waals surface area contributed by atoms with Gasteiger partial charge in [-0.3, -0.25) is 0 Å². The first-order valence-electron chi connectivity index (χ1n) is 8.50. The average molecular weight is 369 g/mol. The van der Waals surface area contributed by atoms with Crippen molar-refractivity contribution in [2.75, 3.05) is 17.9 Å². The third-order valence-corrected chi connectivity index (χ3v) is 6.05. The van der Waals surface area contributed by atoms with E-state index < -0.39 is 0 Å². The Hall–Kier alpha value is -1.82. The molecule has 1 aromatic heterocycles. The Balaban J connectivity index is 1.41. The fourth-order valence-electron chi connectivity index (χ4n) is 2.99. The van der Waals surface area contributed by atoms with Crippen LogP contribution in [-0.2, 0) is 4.74 Å². The molecular formula is C20H20N2OS2. The minimum Gasteiger partial charge on any atom is -0.381 e. The van der Waals surface area contributed by atoms with E-state index in [1.54, 1.807) is 23.3 Å². The van der Waals surface area contributed by atoms with E-state index >= 15 is 0 Å². The van der Waals surface area contributed by atoms with Crippen molar-refractivity contribution in [2.45, 2.75) is 23.7 Å². The average Bonchev–Trinajstić information content (AvgIpc) is 3.17. The zero-order valence-corrected chi connectivity index (χ0v) is 15.5. The quantitative estimate of drug-likeness (QED) is 0.575. The van der Waals surface area contributed by atoms with Gasteiger partial charge in [0.05, 0.1) is 5.69 Å². The fraction of sp³-hybridized carbons (Fsp3) is 0.250. The number of rotatable bonds is 5. The van der Waals surface area contributed by atoms with E-state index in [1.807, 2.05) is 6.07 Å². The van der Waals surface area contributed by atoms with Crippen LogP contribution in [0.5, 0.6) is 0 Å². The van der Waals surface area contributed by atoms with Gasteiger partial charge >= 0.3 is 0 Å². The number of nitrogens with one attached hydrogen (secondary N) is 1. The Morgan fingerprint density at radius 2 is 1.80 bits per heavy atom. The minimum absolute atomic E-state index is 0.548. The van der Waals surface area contributed by atoms with Crippen molar-refractivity contribution in [3.63, 3.8) is 0 Å². The monoisotopic (exact) mass is 368 g/mol. The molecule has 0 spiro atoms. The molecule has 4 rings (SSSR count). The molecule has 128 valence electrons. The molecule has 1 N–H and O–H groups in total. The lowest BCUT2D eigenvalue weighted by Gasteiger charge is -2.19. The van der Waals surface area contributed by atoms with Crippen LogP contribution < -0.4 is 4.72 Å². The molecule has 2 heterocycles. The Bertz CT molecular complexity index is 813. The molecule has 2 aromatic carbocycles. The first-order chi connectivity index (χ1) is 12.4. The van der Waals surface area contributed by atoms with Crippen molar-refractivity contribution in [2.24, 2.45) is 0 Å². The molecule has 0 bridgehead atoms. The maximum absolute atomic E-state index is 5.44. The van der Waals surface area contributed by atoms with Gasteiger partial charge in [-0.1, -0.05) is 42.5 Å². The summed E-state index contributed by atoms with van der Waals surface area (Å²) in [6.45, 7) is 1.71. The molecule has 1 saturated heterocycles. The van der Waals surface area contributed by atoms with Gasteiger partial charge < -0.3 is 9.46 Å². The highest BCUT2D eigenvalue weighted by atomic mass is 32.2. The van der Waals surface area contributed by atoms with Crippen LogP contribution in [0.15, 0.2) is 64.9 Å². The van der Waals surface area contributed by atoms with E-state index in [2.05, 4.69) is 58.6 Å². The third kappa shape index (κ3) is 4.24. The summed E-state index contributed by atoms with van der Waals surface area (Å²) in [5.41, 5.74) is 3.67. The maximum Gasteiger partial charge on any atom is 0.193 e. The van der Waals surface area contributed by atoms with Crippen molar-refractivity contribution in [3.8, 4) is 11.1 Å². The van der Waals surface area contributed by atoms with Gasteiger partial charge in [-0.05, 0) is 48.0 Å². The summed E-state index contributed by atoms with van der Waals surface area (Å²) in [6, 6.07) is 19.0. The van der Waals surface area contributed by atoms with Crippen molar-refractivity contribution >= 4 is 28.4 Å². The second-order valence-electron chi connectivity index (χ2n) is 6.06. The first kappa shape index (κ1) is 16.6. The van der Waals surface area contributed by atoms with Gasteiger partial charge in [0.25, 0.3) is 0 Å². The molecule has 0 unspecified atom stereocenters. The van der Waals surface area contributed by atoms with Gasteiger partial charge in [0.1, 0.15) is 0 Å². The second kappa shape index (κ2) is 8.04. The van der Waals surface area contributed by atoms with Crippen LogP contribution in [0.3, 0.4) is 0 Å². The van der Waals surface area contributed by atoms with Crippen molar-refractivity contribution in [1.29, 1.82) is 0 Å². The van der Waals surface area contributed by atoms with Gasteiger partial charge in [-0.15, -0.1) is 11.3 Å². The maximum atomic E-state index is 5.44. The lowest BCUT2D eigenvalue weighted by molar-refractivity contribution is 0.0846. The number of thiazole rings is 1. The highest BCUT2D eigenvalue weighted by Crippen LogP contribution is 2.32. The third-order valence-electron chi connectivity index (χ3n) is 4.36.